The highest BCUT2D eigenvalue weighted by molar-refractivity contribution is 6.39. The van der Waals surface area contributed by atoms with Gasteiger partial charge in [-0.25, -0.2) is 8.78 Å². The number of carbonyl (C=O) groups excluding carboxylic acids is 2. The van der Waals surface area contributed by atoms with Crippen LogP contribution in [0.2, 0.25) is 0 Å². The van der Waals surface area contributed by atoms with Gasteiger partial charge in [0.05, 0.1) is 24.5 Å². The molecule has 1 saturated heterocycles. The Morgan fingerprint density at radius 2 is 2.15 bits per heavy atom. The van der Waals surface area contributed by atoms with Crippen LogP contribution in [0.15, 0.2) is 18.5 Å². The van der Waals surface area contributed by atoms with Crippen LogP contribution in [0, 0.1) is 0 Å². The summed E-state index contributed by atoms with van der Waals surface area (Å²) < 4.78 is 34.3. The van der Waals surface area contributed by atoms with E-state index in [0.29, 0.717) is 0 Å². The van der Waals surface area contributed by atoms with Crippen molar-refractivity contribution >= 4 is 17.5 Å². The SMILES string of the molecule is Cn1cc(NC(=O)C(=O)N2CCOC(c3ccnn3C)C2)c(C(F)F)n1. The molecule has 1 N–H and O–H groups in total. The molecule has 1 aliphatic heterocycles. The van der Waals surface area contributed by atoms with Gasteiger partial charge in [-0.15, -0.1) is 0 Å². The number of nitrogens with zero attached hydrogens (tertiary/aromatic N) is 5. The lowest BCUT2D eigenvalue weighted by molar-refractivity contribution is -0.148. The van der Waals surface area contributed by atoms with Crippen LogP contribution in [0.1, 0.15) is 23.9 Å². The van der Waals surface area contributed by atoms with Gasteiger partial charge < -0.3 is 15.0 Å². The standard InChI is InChI=1S/C15H18F2N6O3/c1-21-7-9(12(20-21)13(16)17)19-14(24)15(25)23-5-6-26-11(8-23)10-3-4-18-22(10)2/h3-4,7,11,13H,5-6,8H2,1-2H3,(H,19,24). The molecule has 0 aliphatic carbocycles. The molecule has 11 heteroatoms. The topological polar surface area (TPSA) is 94.3 Å². The Morgan fingerprint density at radius 1 is 1.38 bits per heavy atom. The van der Waals surface area contributed by atoms with Gasteiger partial charge in [0.25, 0.3) is 6.43 Å². The number of amides is 2. The van der Waals surface area contributed by atoms with Crippen LogP contribution in [-0.4, -0.2) is 56.0 Å². The summed E-state index contributed by atoms with van der Waals surface area (Å²) in [6.07, 6.45) is -0.438. The van der Waals surface area contributed by atoms with Gasteiger partial charge in [0.1, 0.15) is 6.10 Å². The summed E-state index contributed by atoms with van der Waals surface area (Å²) in [5.74, 6) is -1.81. The number of alkyl halides is 2. The second-order valence-corrected chi connectivity index (χ2v) is 5.85. The van der Waals surface area contributed by atoms with Gasteiger partial charge in [-0.1, -0.05) is 0 Å². The van der Waals surface area contributed by atoms with E-state index in [9.17, 15) is 18.4 Å². The minimum Gasteiger partial charge on any atom is -0.368 e. The molecule has 9 nitrogen and oxygen atoms in total. The normalized spacial score (nSPS) is 17.6. The first-order chi connectivity index (χ1) is 12.4. The molecule has 1 atom stereocenters. The van der Waals surface area contributed by atoms with E-state index in [4.69, 9.17) is 4.74 Å². The van der Waals surface area contributed by atoms with Crippen molar-refractivity contribution in [1.29, 1.82) is 0 Å². The Hall–Kier alpha value is -2.82. The summed E-state index contributed by atoms with van der Waals surface area (Å²) in [7, 11) is 3.20. The van der Waals surface area contributed by atoms with E-state index in [1.54, 1.807) is 24.0 Å². The van der Waals surface area contributed by atoms with Crippen LogP contribution in [-0.2, 0) is 28.4 Å². The highest BCUT2D eigenvalue weighted by atomic mass is 19.3. The van der Waals surface area contributed by atoms with Crippen molar-refractivity contribution in [3.05, 3.63) is 29.8 Å². The van der Waals surface area contributed by atoms with Crippen molar-refractivity contribution in [3.63, 3.8) is 0 Å². The molecule has 0 saturated carbocycles. The fraction of sp³-hybridized carbons (Fsp3) is 0.467. The van der Waals surface area contributed by atoms with Crippen molar-refractivity contribution in [2.24, 2.45) is 14.1 Å². The molecule has 0 radical (unpaired) electrons. The minimum atomic E-state index is -2.86. The number of halogens is 2. The summed E-state index contributed by atoms with van der Waals surface area (Å²) in [5, 5.41) is 9.86. The number of nitrogens with one attached hydrogen (secondary N) is 1. The number of hydrogen-bond acceptors (Lipinski definition) is 5. The van der Waals surface area contributed by atoms with E-state index < -0.39 is 30.0 Å². The highest BCUT2D eigenvalue weighted by Crippen LogP contribution is 2.25. The van der Waals surface area contributed by atoms with Crippen molar-refractivity contribution in [3.8, 4) is 0 Å². The first kappa shape index (κ1) is 18.0. The Balaban J connectivity index is 1.69. The third kappa shape index (κ3) is 3.57. The average Bonchev–Trinajstić information content (AvgIpc) is 3.19. The molecule has 2 aromatic heterocycles. The third-order valence-electron chi connectivity index (χ3n) is 4.05. The van der Waals surface area contributed by atoms with E-state index >= 15 is 0 Å². The summed E-state index contributed by atoms with van der Waals surface area (Å²) in [5.41, 5.74) is 0.0100. The Labute approximate surface area is 147 Å². The lowest BCUT2D eigenvalue weighted by Crippen LogP contribution is -2.47. The maximum Gasteiger partial charge on any atom is 0.314 e. The van der Waals surface area contributed by atoms with Crippen molar-refractivity contribution in [2.45, 2.75) is 12.5 Å². The van der Waals surface area contributed by atoms with Crippen LogP contribution >= 0.6 is 0 Å². The van der Waals surface area contributed by atoms with Crippen molar-refractivity contribution in [2.75, 3.05) is 25.0 Å². The molecule has 26 heavy (non-hydrogen) atoms. The lowest BCUT2D eigenvalue weighted by atomic mass is 10.2. The molecule has 2 aromatic rings. The molecule has 1 unspecified atom stereocenters. The molecule has 3 heterocycles. The zero-order valence-electron chi connectivity index (χ0n) is 14.2. The lowest BCUT2D eigenvalue weighted by Gasteiger charge is -2.32. The monoisotopic (exact) mass is 368 g/mol. The molecule has 140 valence electrons. The predicted octanol–water partition coefficient (Wildman–Crippen LogP) is 0.630. The quantitative estimate of drug-likeness (QED) is 0.802. The summed E-state index contributed by atoms with van der Waals surface area (Å²) in [4.78, 5) is 26.0. The maximum atomic E-state index is 12.9. The van der Waals surface area contributed by atoms with Gasteiger partial charge in [-0.3, -0.25) is 19.0 Å². The smallest absolute Gasteiger partial charge is 0.314 e. The van der Waals surface area contributed by atoms with Crippen molar-refractivity contribution < 1.29 is 23.1 Å². The fourth-order valence-corrected chi connectivity index (χ4v) is 2.80. The molecule has 0 spiro atoms. The van der Waals surface area contributed by atoms with Crippen LogP contribution in [0.25, 0.3) is 0 Å². The van der Waals surface area contributed by atoms with E-state index in [2.05, 4.69) is 15.5 Å². The van der Waals surface area contributed by atoms with E-state index in [1.165, 1.54) is 18.1 Å². The maximum absolute atomic E-state index is 12.9. The largest absolute Gasteiger partial charge is 0.368 e. The summed E-state index contributed by atoms with van der Waals surface area (Å²) >= 11 is 0. The van der Waals surface area contributed by atoms with Gasteiger partial charge in [-0.05, 0) is 6.07 Å². The van der Waals surface area contributed by atoms with Crippen LogP contribution in [0.5, 0.6) is 0 Å². The third-order valence-corrected chi connectivity index (χ3v) is 4.05. The van der Waals surface area contributed by atoms with Gasteiger partial charge in [-0.2, -0.15) is 10.2 Å². The number of rotatable bonds is 3. The number of ether oxygens (including phenoxy) is 1. The number of carbonyl (C=O) groups is 2. The van der Waals surface area contributed by atoms with Crippen LogP contribution in [0.3, 0.4) is 0 Å². The van der Waals surface area contributed by atoms with Crippen LogP contribution < -0.4 is 5.32 Å². The van der Waals surface area contributed by atoms with Gasteiger partial charge in [0.15, 0.2) is 5.69 Å². The first-order valence-corrected chi connectivity index (χ1v) is 7.88. The van der Waals surface area contributed by atoms with Gasteiger partial charge in [0, 0.05) is 33.0 Å². The first-order valence-electron chi connectivity index (χ1n) is 7.88. The van der Waals surface area contributed by atoms with E-state index in [0.717, 1.165) is 10.4 Å². The second kappa shape index (κ2) is 7.20. The number of hydrogen-bond donors (Lipinski definition) is 1. The van der Waals surface area contributed by atoms with Gasteiger partial charge in [0.2, 0.25) is 0 Å². The molecule has 1 aliphatic rings. The second-order valence-electron chi connectivity index (χ2n) is 5.85. The van der Waals surface area contributed by atoms with E-state index in [1.807, 2.05) is 0 Å². The highest BCUT2D eigenvalue weighted by Gasteiger charge is 2.31. The molecule has 0 bridgehead atoms. The summed E-state index contributed by atoms with van der Waals surface area (Å²) in [6.45, 7) is 0.653. The molecule has 2 amide bonds. The Bertz CT molecular complexity index is 818. The predicted molar refractivity (Wildman–Crippen MR) is 85.3 cm³/mol. The number of aryl methyl sites for hydroxylation is 2. The zero-order valence-corrected chi connectivity index (χ0v) is 14.2. The van der Waals surface area contributed by atoms with Crippen molar-refractivity contribution in [1.82, 2.24) is 24.5 Å². The Morgan fingerprint density at radius 3 is 2.81 bits per heavy atom. The average molecular weight is 368 g/mol. The molecular formula is C15H18F2N6O3. The van der Waals surface area contributed by atoms with Crippen LogP contribution in [0.4, 0.5) is 14.5 Å². The molecule has 1 fully saturated rings. The van der Waals surface area contributed by atoms with E-state index in [-0.39, 0.29) is 25.4 Å². The summed E-state index contributed by atoms with van der Waals surface area (Å²) in [6, 6.07) is 1.77. The fourth-order valence-electron chi connectivity index (χ4n) is 2.80. The number of morpholine rings is 1. The minimum absolute atomic E-state index is 0.167. The Kier molecular flexibility index (Phi) is 4.98. The van der Waals surface area contributed by atoms with Gasteiger partial charge >= 0.3 is 11.8 Å². The molecule has 3 rings (SSSR count). The molecular weight excluding hydrogens is 350 g/mol. The molecule has 0 aromatic carbocycles. The zero-order chi connectivity index (χ0) is 18.8. The number of aromatic nitrogens is 4. The number of anilines is 1.